The summed E-state index contributed by atoms with van der Waals surface area (Å²) in [6, 6.07) is 9.86. The van der Waals surface area contributed by atoms with Crippen molar-refractivity contribution >= 4 is 32.8 Å². The Morgan fingerprint density at radius 1 is 1.37 bits per heavy atom. The number of furan rings is 1. The van der Waals surface area contributed by atoms with Crippen LogP contribution in [0.1, 0.15) is 29.8 Å². The lowest BCUT2D eigenvalue weighted by molar-refractivity contribution is 0.0611. The van der Waals surface area contributed by atoms with Crippen molar-refractivity contribution in [3.63, 3.8) is 0 Å². The average molecular weight is 322 g/mol. The van der Waals surface area contributed by atoms with Crippen molar-refractivity contribution in [1.82, 2.24) is 4.90 Å². The summed E-state index contributed by atoms with van der Waals surface area (Å²) in [6.07, 6.45) is 3.34. The Morgan fingerprint density at radius 3 is 3.00 bits per heavy atom. The summed E-state index contributed by atoms with van der Waals surface area (Å²) in [5.41, 5.74) is 0.776. The van der Waals surface area contributed by atoms with Crippen LogP contribution in [0.25, 0.3) is 11.0 Å². The number of benzene rings is 1. The molecule has 1 amide bonds. The van der Waals surface area contributed by atoms with E-state index in [1.54, 1.807) is 0 Å². The molecule has 19 heavy (non-hydrogen) atoms. The second-order valence-corrected chi connectivity index (χ2v) is 5.60. The summed E-state index contributed by atoms with van der Waals surface area (Å²) in [5, 5.41) is 1.82. The lowest BCUT2D eigenvalue weighted by Gasteiger charge is -2.34. The van der Waals surface area contributed by atoms with Gasteiger partial charge in [-0.05, 0) is 31.4 Å². The monoisotopic (exact) mass is 321 g/mol. The molecule has 1 atom stereocenters. The first kappa shape index (κ1) is 12.7. The van der Waals surface area contributed by atoms with Crippen LogP contribution in [0.3, 0.4) is 0 Å². The minimum atomic E-state index is 0.0142. The summed E-state index contributed by atoms with van der Waals surface area (Å²) in [7, 11) is 0. The van der Waals surface area contributed by atoms with Crippen LogP contribution < -0.4 is 0 Å². The highest BCUT2D eigenvalue weighted by Crippen LogP contribution is 2.24. The van der Waals surface area contributed by atoms with Gasteiger partial charge in [0.15, 0.2) is 5.76 Å². The van der Waals surface area contributed by atoms with Gasteiger partial charge >= 0.3 is 0 Å². The molecule has 0 saturated carbocycles. The first-order valence-corrected chi connectivity index (χ1v) is 7.77. The molecule has 0 bridgehead atoms. The minimum Gasteiger partial charge on any atom is -0.451 e. The average Bonchev–Trinajstić information content (AvgIpc) is 2.90. The molecule has 0 aliphatic carbocycles. The molecule has 3 rings (SSSR count). The molecule has 1 aliphatic rings. The molecule has 0 radical (unpaired) electrons. The zero-order valence-electron chi connectivity index (χ0n) is 10.6. The van der Waals surface area contributed by atoms with Crippen LogP contribution in [0.15, 0.2) is 34.7 Å². The van der Waals surface area contributed by atoms with Crippen LogP contribution in [0.4, 0.5) is 0 Å². The largest absolute Gasteiger partial charge is 0.451 e. The Hall–Kier alpha value is -1.29. The van der Waals surface area contributed by atoms with Gasteiger partial charge in [-0.1, -0.05) is 34.1 Å². The third kappa shape index (κ3) is 2.41. The maximum absolute atomic E-state index is 12.6. The third-order valence-electron chi connectivity index (χ3n) is 3.70. The number of hydrogen-bond donors (Lipinski definition) is 0. The van der Waals surface area contributed by atoms with Crippen LogP contribution in [-0.4, -0.2) is 28.7 Å². The Kier molecular flexibility index (Phi) is 3.60. The van der Waals surface area contributed by atoms with Crippen molar-refractivity contribution < 1.29 is 9.21 Å². The van der Waals surface area contributed by atoms with E-state index in [2.05, 4.69) is 15.9 Å². The molecule has 2 aromatic rings. The molecule has 1 fully saturated rings. The molecule has 0 spiro atoms. The highest BCUT2D eigenvalue weighted by molar-refractivity contribution is 9.09. The second-order valence-electron chi connectivity index (χ2n) is 4.95. The van der Waals surface area contributed by atoms with E-state index in [9.17, 15) is 4.79 Å². The van der Waals surface area contributed by atoms with Crippen molar-refractivity contribution in [1.29, 1.82) is 0 Å². The number of piperidine rings is 1. The maximum atomic E-state index is 12.6. The van der Waals surface area contributed by atoms with Crippen molar-refractivity contribution in [3.05, 3.63) is 36.1 Å². The molecule has 1 aliphatic heterocycles. The highest BCUT2D eigenvalue weighted by atomic mass is 79.9. The lowest BCUT2D eigenvalue weighted by Crippen LogP contribution is -2.44. The fourth-order valence-corrected chi connectivity index (χ4v) is 3.33. The smallest absolute Gasteiger partial charge is 0.289 e. The Morgan fingerprint density at radius 2 is 2.21 bits per heavy atom. The van der Waals surface area contributed by atoms with E-state index < -0.39 is 0 Å². The zero-order chi connectivity index (χ0) is 13.2. The van der Waals surface area contributed by atoms with Gasteiger partial charge in [-0.3, -0.25) is 4.79 Å². The summed E-state index contributed by atoms with van der Waals surface area (Å²) >= 11 is 3.50. The quantitative estimate of drug-likeness (QED) is 0.788. The van der Waals surface area contributed by atoms with E-state index in [0.717, 1.165) is 35.7 Å². The number of amides is 1. The van der Waals surface area contributed by atoms with Crippen molar-refractivity contribution in [3.8, 4) is 0 Å². The normalized spacial score (nSPS) is 19.8. The summed E-state index contributed by atoms with van der Waals surface area (Å²) in [6.45, 7) is 0.826. The number of carbonyl (C=O) groups is 1. The molecule has 2 heterocycles. The number of alkyl halides is 1. The molecule has 3 nitrogen and oxygen atoms in total. The topological polar surface area (TPSA) is 33.5 Å². The molecular weight excluding hydrogens is 306 g/mol. The lowest BCUT2D eigenvalue weighted by atomic mass is 10.0. The van der Waals surface area contributed by atoms with E-state index in [-0.39, 0.29) is 11.9 Å². The summed E-state index contributed by atoms with van der Waals surface area (Å²) in [5.74, 6) is 0.467. The highest BCUT2D eigenvalue weighted by Gasteiger charge is 2.28. The Balaban J connectivity index is 1.89. The van der Waals surface area contributed by atoms with E-state index in [4.69, 9.17) is 4.42 Å². The molecule has 1 unspecified atom stereocenters. The molecule has 1 saturated heterocycles. The van der Waals surface area contributed by atoms with Gasteiger partial charge in [0.1, 0.15) is 5.58 Å². The molecule has 100 valence electrons. The van der Waals surface area contributed by atoms with E-state index >= 15 is 0 Å². The van der Waals surface area contributed by atoms with Gasteiger partial charge in [0.25, 0.3) is 5.91 Å². The van der Waals surface area contributed by atoms with Gasteiger partial charge in [-0.25, -0.2) is 0 Å². The van der Waals surface area contributed by atoms with Crippen LogP contribution in [0, 0.1) is 0 Å². The number of hydrogen-bond acceptors (Lipinski definition) is 2. The van der Waals surface area contributed by atoms with Crippen LogP contribution in [-0.2, 0) is 0 Å². The second kappa shape index (κ2) is 5.37. The molecule has 1 aromatic heterocycles. The van der Waals surface area contributed by atoms with Crippen LogP contribution >= 0.6 is 15.9 Å². The number of para-hydroxylation sites is 1. The van der Waals surface area contributed by atoms with Crippen LogP contribution in [0.5, 0.6) is 0 Å². The number of nitrogens with zero attached hydrogens (tertiary/aromatic N) is 1. The van der Waals surface area contributed by atoms with Gasteiger partial charge in [0.2, 0.25) is 0 Å². The fourth-order valence-electron chi connectivity index (χ4n) is 2.66. The van der Waals surface area contributed by atoms with E-state index in [1.807, 2.05) is 35.2 Å². The summed E-state index contributed by atoms with van der Waals surface area (Å²) < 4.78 is 5.67. The van der Waals surface area contributed by atoms with Gasteiger partial charge in [0, 0.05) is 23.3 Å². The standard InChI is InChI=1S/C15H16BrNO2/c16-10-12-6-3-4-8-17(12)15(18)14-9-11-5-1-2-7-13(11)19-14/h1-2,5,7,9,12H,3-4,6,8,10H2. The SMILES string of the molecule is O=C(c1cc2ccccc2o1)N1CCCCC1CBr. The predicted molar refractivity (Wildman–Crippen MR) is 78.7 cm³/mol. The van der Waals surface area contributed by atoms with Gasteiger partial charge < -0.3 is 9.32 Å². The maximum Gasteiger partial charge on any atom is 0.289 e. The zero-order valence-corrected chi connectivity index (χ0v) is 12.2. The molecular formula is C15H16BrNO2. The number of rotatable bonds is 2. The van der Waals surface area contributed by atoms with Gasteiger partial charge in [0.05, 0.1) is 0 Å². The van der Waals surface area contributed by atoms with Crippen molar-refractivity contribution in [2.24, 2.45) is 0 Å². The predicted octanol–water partition coefficient (Wildman–Crippen LogP) is 3.82. The van der Waals surface area contributed by atoms with Gasteiger partial charge in [-0.15, -0.1) is 0 Å². The van der Waals surface area contributed by atoms with Crippen LogP contribution in [0.2, 0.25) is 0 Å². The number of fused-ring (bicyclic) bond motifs is 1. The Labute approximate surface area is 120 Å². The van der Waals surface area contributed by atoms with E-state index in [1.165, 1.54) is 6.42 Å². The molecule has 0 N–H and O–H groups in total. The Bertz CT molecular complexity index is 560. The minimum absolute atomic E-state index is 0.0142. The number of carbonyl (C=O) groups excluding carboxylic acids is 1. The molecule has 1 aromatic carbocycles. The van der Waals surface area contributed by atoms with E-state index in [0.29, 0.717) is 5.76 Å². The summed E-state index contributed by atoms with van der Waals surface area (Å²) in [4.78, 5) is 14.5. The van der Waals surface area contributed by atoms with Crippen molar-refractivity contribution in [2.75, 3.05) is 11.9 Å². The van der Waals surface area contributed by atoms with Crippen molar-refractivity contribution in [2.45, 2.75) is 25.3 Å². The number of halogens is 1. The first-order chi connectivity index (χ1) is 9.29. The van der Waals surface area contributed by atoms with Gasteiger partial charge in [-0.2, -0.15) is 0 Å². The molecule has 4 heteroatoms. The number of likely N-dealkylation sites (tertiary alicyclic amines) is 1. The fraction of sp³-hybridized carbons (Fsp3) is 0.400. The third-order valence-corrected chi connectivity index (χ3v) is 4.45. The first-order valence-electron chi connectivity index (χ1n) is 6.65.